The van der Waals surface area contributed by atoms with Crippen LogP contribution in [0.4, 0.5) is 5.69 Å². The lowest BCUT2D eigenvalue weighted by Gasteiger charge is -2.20. The smallest absolute Gasteiger partial charge is 0.265 e. The predicted molar refractivity (Wildman–Crippen MR) is 137 cm³/mol. The van der Waals surface area contributed by atoms with Crippen molar-refractivity contribution in [2.24, 2.45) is 0 Å². The number of rotatable bonds is 9. The number of hydrogen-bond acceptors (Lipinski definition) is 7. The zero-order chi connectivity index (χ0) is 25.7. The van der Waals surface area contributed by atoms with Crippen LogP contribution in [-0.2, 0) is 4.79 Å². The minimum absolute atomic E-state index is 0.0393. The van der Waals surface area contributed by atoms with Crippen molar-refractivity contribution in [1.29, 1.82) is 0 Å². The van der Waals surface area contributed by atoms with Gasteiger partial charge in [-0.05, 0) is 55.0 Å². The fourth-order valence-corrected chi connectivity index (χ4v) is 3.74. The summed E-state index contributed by atoms with van der Waals surface area (Å²) in [6.45, 7) is 1.80. The van der Waals surface area contributed by atoms with E-state index in [1.54, 1.807) is 87.9 Å². The zero-order valence-corrected chi connectivity index (χ0v) is 20.5. The van der Waals surface area contributed by atoms with E-state index in [9.17, 15) is 9.59 Å². The number of fused-ring (bicyclic) bond motifs is 1. The molecule has 0 spiro atoms. The Balaban J connectivity index is 1.72. The molecule has 4 aromatic rings. The summed E-state index contributed by atoms with van der Waals surface area (Å²) in [7, 11) is 4.62. The average molecular weight is 490 g/mol. The third kappa shape index (κ3) is 4.98. The minimum atomic E-state index is -0.974. The maximum absolute atomic E-state index is 13.5. The van der Waals surface area contributed by atoms with Crippen molar-refractivity contribution in [3.63, 3.8) is 0 Å². The van der Waals surface area contributed by atoms with Crippen molar-refractivity contribution in [1.82, 2.24) is 0 Å². The second-order valence-electron chi connectivity index (χ2n) is 7.88. The van der Waals surface area contributed by atoms with Gasteiger partial charge in [0, 0.05) is 11.6 Å². The van der Waals surface area contributed by atoms with Gasteiger partial charge in [-0.2, -0.15) is 0 Å². The first kappa shape index (κ1) is 24.7. The molecule has 1 unspecified atom stereocenters. The molecule has 0 saturated heterocycles. The second kappa shape index (κ2) is 10.9. The highest BCUT2D eigenvalue weighted by atomic mass is 16.5. The normalized spacial score (nSPS) is 11.6. The molecule has 0 aliphatic rings. The van der Waals surface area contributed by atoms with Gasteiger partial charge in [0.2, 0.25) is 11.2 Å². The van der Waals surface area contributed by atoms with Crippen LogP contribution >= 0.6 is 0 Å². The Kier molecular flexibility index (Phi) is 7.44. The van der Waals surface area contributed by atoms with Crippen molar-refractivity contribution in [3.8, 4) is 34.3 Å². The molecule has 0 aliphatic carbocycles. The second-order valence-corrected chi connectivity index (χ2v) is 7.88. The summed E-state index contributed by atoms with van der Waals surface area (Å²) in [6.07, 6.45) is -0.670. The molecular formula is C28H27NO7. The summed E-state index contributed by atoms with van der Waals surface area (Å²) in [5, 5.41) is 3.18. The van der Waals surface area contributed by atoms with Gasteiger partial charge in [-0.1, -0.05) is 19.1 Å². The number of nitrogens with one attached hydrogen (secondary N) is 1. The lowest BCUT2D eigenvalue weighted by atomic mass is 10.1. The van der Waals surface area contributed by atoms with E-state index in [0.29, 0.717) is 45.9 Å². The predicted octanol–water partition coefficient (Wildman–Crippen LogP) is 5.28. The molecule has 1 aromatic heterocycles. The Bertz CT molecular complexity index is 1430. The molecule has 8 heteroatoms. The molecule has 8 nitrogen and oxygen atoms in total. The Morgan fingerprint density at radius 3 is 2.28 bits per heavy atom. The van der Waals surface area contributed by atoms with Gasteiger partial charge < -0.3 is 28.7 Å². The van der Waals surface area contributed by atoms with E-state index in [1.807, 2.05) is 0 Å². The third-order valence-corrected chi connectivity index (χ3v) is 5.70. The van der Waals surface area contributed by atoms with Crippen molar-refractivity contribution in [2.75, 3.05) is 26.6 Å². The fraction of sp³-hybridized carbons (Fsp3) is 0.214. The van der Waals surface area contributed by atoms with Gasteiger partial charge in [0.15, 0.2) is 11.9 Å². The van der Waals surface area contributed by atoms with Crippen LogP contribution in [0.3, 0.4) is 0 Å². The summed E-state index contributed by atoms with van der Waals surface area (Å²) in [4.78, 5) is 26.7. The van der Waals surface area contributed by atoms with Gasteiger partial charge in [-0.25, -0.2) is 0 Å². The number of methoxy groups -OCH3 is 3. The maximum atomic E-state index is 13.5. The Hall–Kier alpha value is -4.46. The van der Waals surface area contributed by atoms with Crippen LogP contribution in [0.5, 0.6) is 23.0 Å². The minimum Gasteiger partial charge on any atom is -0.497 e. The highest BCUT2D eigenvalue weighted by Crippen LogP contribution is 2.33. The summed E-state index contributed by atoms with van der Waals surface area (Å²) in [5.74, 6) is 1.43. The molecule has 4 rings (SSSR count). The molecule has 186 valence electrons. The highest BCUT2D eigenvalue weighted by Gasteiger charge is 2.25. The summed E-state index contributed by atoms with van der Waals surface area (Å²) in [6, 6.07) is 19.0. The first-order chi connectivity index (χ1) is 17.5. The summed E-state index contributed by atoms with van der Waals surface area (Å²) < 4.78 is 28.0. The van der Waals surface area contributed by atoms with Gasteiger partial charge in [0.1, 0.15) is 22.8 Å². The fourth-order valence-electron chi connectivity index (χ4n) is 3.74. The molecule has 0 radical (unpaired) electrons. The summed E-state index contributed by atoms with van der Waals surface area (Å²) >= 11 is 0. The molecule has 36 heavy (non-hydrogen) atoms. The van der Waals surface area contributed by atoms with Gasteiger partial charge in [-0.15, -0.1) is 0 Å². The molecular weight excluding hydrogens is 462 g/mol. The molecule has 1 heterocycles. The van der Waals surface area contributed by atoms with Crippen molar-refractivity contribution in [3.05, 3.63) is 77.0 Å². The zero-order valence-electron chi connectivity index (χ0n) is 20.5. The maximum Gasteiger partial charge on any atom is 0.265 e. The number of anilines is 1. The Morgan fingerprint density at radius 2 is 1.61 bits per heavy atom. The monoisotopic (exact) mass is 489 g/mol. The SMILES string of the molecule is CCC(Oc1c(-c2ccc(OC)cc2)oc2ccccc2c1=O)C(=O)Nc1ccc(OC)cc1OC. The van der Waals surface area contributed by atoms with Gasteiger partial charge in [0.25, 0.3) is 5.91 Å². The number of hydrogen-bond donors (Lipinski definition) is 1. The van der Waals surface area contributed by atoms with Crippen LogP contribution in [0.2, 0.25) is 0 Å². The molecule has 0 saturated carbocycles. The van der Waals surface area contributed by atoms with Crippen LogP contribution in [0.25, 0.3) is 22.3 Å². The first-order valence-corrected chi connectivity index (χ1v) is 11.4. The average Bonchev–Trinajstić information content (AvgIpc) is 2.92. The Labute approximate surface area is 208 Å². The highest BCUT2D eigenvalue weighted by molar-refractivity contribution is 5.96. The molecule has 3 aromatic carbocycles. The van der Waals surface area contributed by atoms with E-state index >= 15 is 0 Å². The van der Waals surface area contributed by atoms with Gasteiger partial charge in [0.05, 0.1) is 32.4 Å². The number of amides is 1. The van der Waals surface area contributed by atoms with E-state index in [2.05, 4.69) is 5.32 Å². The van der Waals surface area contributed by atoms with Crippen LogP contribution < -0.4 is 29.7 Å². The van der Waals surface area contributed by atoms with Crippen LogP contribution in [0, 0.1) is 0 Å². The van der Waals surface area contributed by atoms with E-state index in [1.165, 1.54) is 7.11 Å². The third-order valence-electron chi connectivity index (χ3n) is 5.70. The molecule has 0 aliphatic heterocycles. The number of ether oxygens (including phenoxy) is 4. The van der Waals surface area contributed by atoms with E-state index in [4.69, 9.17) is 23.4 Å². The van der Waals surface area contributed by atoms with E-state index in [0.717, 1.165) is 0 Å². The lowest BCUT2D eigenvalue weighted by Crippen LogP contribution is -2.34. The van der Waals surface area contributed by atoms with Crippen LogP contribution in [0.1, 0.15) is 13.3 Å². The molecule has 0 bridgehead atoms. The summed E-state index contributed by atoms with van der Waals surface area (Å²) in [5.41, 5.74) is 1.11. The van der Waals surface area contributed by atoms with Crippen LogP contribution in [-0.4, -0.2) is 33.3 Å². The molecule has 1 N–H and O–H groups in total. The van der Waals surface area contributed by atoms with Crippen LogP contribution in [0.15, 0.2) is 75.9 Å². The standard InChI is InChI=1S/C28H27NO7/c1-5-22(28(31)29-21-15-14-19(33-3)16-24(21)34-4)35-27-25(30)20-8-6-7-9-23(20)36-26(27)17-10-12-18(32-2)13-11-17/h6-16,22H,5H2,1-4H3,(H,29,31). The number of carbonyl (C=O) groups is 1. The van der Waals surface area contributed by atoms with Gasteiger partial charge in [-0.3, -0.25) is 9.59 Å². The Morgan fingerprint density at radius 1 is 0.917 bits per heavy atom. The van der Waals surface area contributed by atoms with Crippen molar-refractivity contribution in [2.45, 2.75) is 19.4 Å². The number of para-hydroxylation sites is 1. The topological polar surface area (TPSA) is 96.2 Å². The number of carbonyl (C=O) groups excluding carboxylic acids is 1. The molecule has 0 fully saturated rings. The van der Waals surface area contributed by atoms with Gasteiger partial charge >= 0.3 is 0 Å². The largest absolute Gasteiger partial charge is 0.497 e. The lowest BCUT2D eigenvalue weighted by molar-refractivity contribution is -0.122. The van der Waals surface area contributed by atoms with Crippen molar-refractivity contribution < 1.29 is 28.2 Å². The molecule has 1 atom stereocenters. The van der Waals surface area contributed by atoms with E-state index in [-0.39, 0.29) is 16.9 Å². The molecule has 1 amide bonds. The first-order valence-electron chi connectivity index (χ1n) is 11.4. The quantitative estimate of drug-likeness (QED) is 0.342. The van der Waals surface area contributed by atoms with E-state index < -0.39 is 12.0 Å². The van der Waals surface area contributed by atoms with Crippen molar-refractivity contribution >= 4 is 22.6 Å². The number of benzene rings is 3.